The van der Waals surface area contributed by atoms with Gasteiger partial charge in [0.15, 0.2) is 0 Å². The van der Waals surface area contributed by atoms with Crippen molar-refractivity contribution in [2.45, 2.75) is 62.3 Å². The van der Waals surface area contributed by atoms with E-state index in [2.05, 4.69) is 39.1 Å². The fourth-order valence-corrected chi connectivity index (χ4v) is 6.32. The van der Waals surface area contributed by atoms with Crippen LogP contribution >= 0.6 is 25.3 Å². The molecular formula is C24H50O8S2Sn. The normalized spacial score (nSPS) is 10.0. The maximum atomic E-state index is 10.6. The minimum absolute atomic E-state index is 0.110. The van der Waals surface area contributed by atoms with Crippen LogP contribution in [0.3, 0.4) is 0 Å². The van der Waals surface area contributed by atoms with E-state index in [4.69, 9.17) is 28.4 Å². The molecule has 0 rings (SSSR count). The molecule has 0 N–H and O–H groups in total. The molecule has 0 unspecified atom stereocenters. The summed E-state index contributed by atoms with van der Waals surface area (Å²) in [6.45, 7) is 13.4. The van der Waals surface area contributed by atoms with Gasteiger partial charge in [0, 0.05) is 13.2 Å². The molecule has 0 heterocycles. The maximum absolute atomic E-state index is 10.6. The smallest absolute Gasteiger partial charge is 0.315 e. The molecule has 0 aliphatic carbocycles. The zero-order valence-corrected chi connectivity index (χ0v) is 27.0. The van der Waals surface area contributed by atoms with Crippen molar-refractivity contribution in [2.75, 3.05) is 77.6 Å². The third kappa shape index (κ3) is 44.7. The Kier molecular flexibility index (Phi) is 44.1. The van der Waals surface area contributed by atoms with Crippen molar-refractivity contribution in [3.8, 4) is 0 Å². The quantitative estimate of drug-likeness (QED) is 0.0784. The molecule has 0 fully saturated rings. The Balaban J connectivity index is -0.000000448. The summed E-state index contributed by atoms with van der Waals surface area (Å²) in [7, 11) is 0. The Morgan fingerprint density at radius 1 is 0.571 bits per heavy atom. The van der Waals surface area contributed by atoms with Crippen molar-refractivity contribution in [3.63, 3.8) is 0 Å². The maximum Gasteiger partial charge on any atom is 0.315 e. The van der Waals surface area contributed by atoms with Crippen molar-refractivity contribution < 1.29 is 38.0 Å². The van der Waals surface area contributed by atoms with Crippen LogP contribution in [0.25, 0.3) is 0 Å². The zero-order chi connectivity index (χ0) is 26.8. The summed E-state index contributed by atoms with van der Waals surface area (Å²) in [5, 5.41) is 0. The average molecular weight is 650 g/mol. The van der Waals surface area contributed by atoms with Crippen LogP contribution in [0.15, 0.2) is 0 Å². The van der Waals surface area contributed by atoms with Crippen LogP contribution in [-0.2, 0) is 38.0 Å². The van der Waals surface area contributed by atoms with Crippen LogP contribution in [-0.4, -0.2) is 111 Å². The van der Waals surface area contributed by atoms with E-state index < -0.39 is 0 Å². The fourth-order valence-electron chi connectivity index (χ4n) is 1.98. The number of thiol groups is 2. The summed E-state index contributed by atoms with van der Waals surface area (Å²) < 4.78 is 33.0. The topological polar surface area (TPSA) is 89.5 Å². The van der Waals surface area contributed by atoms with Crippen molar-refractivity contribution in [1.29, 1.82) is 0 Å². The predicted molar refractivity (Wildman–Crippen MR) is 149 cm³/mol. The second-order valence-electron chi connectivity index (χ2n) is 6.83. The molecule has 0 aliphatic rings. The Morgan fingerprint density at radius 3 is 1.23 bits per heavy atom. The van der Waals surface area contributed by atoms with Crippen molar-refractivity contribution in [3.05, 3.63) is 0 Å². The van der Waals surface area contributed by atoms with Gasteiger partial charge in [-0.1, -0.05) is 0 Å². The summed E-state index contributed by atoms with van der Waals surface area (Å²) in [6, 6.07) is 0. The van der Waals surface area contributed by atoms with E-state index in [9.17, 15) is 9.59 Å². The molecule has 0 aromatic heterocycles. The molecule has 35 heavy (non-hydrogen) atoms. The number of ether oxygens (including phenoxy) is 6. The third-order valence-corrected chi connectivity index (χ3v) is 8.36. The molecule has 0 aliphatic heterocycles. The van der Waals surface area contributed by atoms with Gasteiger partial charge in [0.05, 0.1) is 51.1 Å². The van der Waals surface area contributed by atoms with E-state index in [0.717, 1.165) is 0 Å². The van der Waals surface area contributed by atoms with Gasteiger partial charge in [0.1, 0.15) is 13.2 Å². The number of rotatable bonds is 22. The van der Waals surface area contributed by atoms with Gasteiger partial charge in [-0.15, -0.1) is 0 Å². The molecule has 0 saturated heterocycles. The minimum Gasteiger partial charge on any atom is -0.463 e. The minimum atomic E-state index is -0.322. The van der Waals surface area contributed by atoms with E-state index in [-0.39, 0.29) is 57.8 Å². The number of carbonyl (C=O) groups is 2. The summed E-state index contributed by atoms with van der Waals surface area (Å²) >= 11 is 7.65. The largest absolute Gasteiger partial charge is 0.463 e. The van der Waals surface area contributed by atoms with E-state index in [1.807, 2.05) is 13.8 Å². The van der Waals surface area contributed by atoms with Gasteiger partial charge < -0.3 is 28.4 Å². The number of carbonyl (C=O) groups excluding carboxylic acids is 2. The van der Waals surface area contributed by atoms with Gasteiger partial charge in [0.2, 0.25) is 0 Å². The fraction of sp³-hybridized carbons (Fsp3) is 0.917. The SMILES string of the molecule is CCC[CH2][Sn][CH2]CCC.CCOCCOCCOC(=O)CS.CCOCCOCCOC(=O)CS. The predicted octanol–water partition coefficient (Wildman–Crippen LogP) is 4.15. The Labute approximate surface area is 235 Å². The molecule has 0 amide bonds. The molecule has 8 nitrogen and oxygen atoms in total. The van der Waals surface area contributed by atoms with Crippen molar-refractivity contribution in [2.24, 2.45) is 0 Å². The van der Waals surface area contributed by atoms with Crippen LogP contribution in [0.1, 0.15) is 53.4 Å². The Bertz CT molecular complexity index is 385. The second-order valence-corrected chi connectivity index (χ2v) is 11.7. The van der Waals surface area contributed by atoms with Crippen LogP contribution in [0.2, 0.25) is 8.87 Å². The number of hydrogen-bond acceptors (Lipinski definition) is 10. The van der Waals surface area contributed by atoms with Crippen LogP contribution < -0.4 is 0 Å². The average Bonchev–Trinajstić information content (AvgIpc) is 2.88. The van der Waals surface area contributed by atoms with E-state index in [0.29, 0.717) is 52.9 Å². The van der Waals surface area contributed by atoms with Crippen LogP contribution in [0.4, 0.5) is 0 Å². The standard InChI is InChI=1S/2C8H16O4S.2C4H9.Sn/c2*1-2-10-3-4-11-5-6-12-8(9)7-13;2*1-3-4-2;/h2*13H,2-7H2,1H3;2*1,3-4H2,2H3;. The molecule has 0 spiro atoms. The number of unbranched alkanes of at least 4 members (excludes halogenated alkanes) is 2. The molecule has 210 valence electrons. The summed E-state index contributed by atoms with van der Waals surface area (Å²) in [5.74, 6) is -0.425. The summed E-state index contributed by atoms with van der Waals surface area (Å²) in [4.78, 5) is 21.1. The first-order chi connectivity index (χ1) is 17.0. The molecule has 0 bridgehead atoms. The van der Waals surface area contributed by atoms with E-state index >= 15 is 0 Å². The molecule has 11 heteroatoms. The first kappa shape index (κ1) is 39.8. The molecular weight excluding hydrogens is 599 g/mol. The van der Waals surface area contributed by atoms with E-state index in [1.165, 1.54) is 25.7 Å². The number of esters is 2. The number of hydrogen-bond donors (Lipinski definition) is 2. The summed E-state index contributed by atoms with van der Waals surface area (Å²) in [5.41, 5.74) is 0. The van der Waals surface area contributed by atoms with E-state index in [1.54, 1.807) is 8.87 Å². The van der Waals surface area contributed by atoms with Gasteiger partial charge in [0.25, 0.3) is 0 Å². The third-order valence-electron chi connectivity index (χ3n) is 3.81. The van der Waals surface area contributed by atoms with Gasteiger partial charge >= 0.3 is 81.5 Å². The molecule has 0 aromatic carbocycles. The Morgan fingerprint density at radius 2 is 0.914 bits per heavy atom. The second kappa shape index (κ2) is 38.8. The van der Waals surface area contributed by atoms with Gasteiger partial charge in [-0.05, 0) is 13.8 Å². The van der Waals surface area contributed by atoms with Gasteiger partial charge in [-0.25, -0.2) is 0 Å². The van der Waals surface area contributed by atoms with Crippen LogP contribution in [0, 0.1) is 0 Å². The van der Waals surface area contributed by atoms with Crippen molar-refractivity contribution in [1.82, 2.24) is 0 Å². The molecule has 2 radical (unpaired) electrons. The van der Waals surface area contributed by atoms with Gasteiger partial charge in [-0.3, -0.25) is 9.59 Å². The zero-order valence-electron chi connectivity index (χ0n) is 22.4. The van der Waals surface area contributed by atoms with Gasteiger partial charge in [-0.2, -0.15) is 25.3 Å². The monoisotopic (exact) mass is 650 g/mol. The first-order valence-electron chi connectivity index (χ1n) is 12.6. The van der Waals surface area contributed by atoms with Crippen LogP contribution in [0.5, 0.6) is 0 Å². The van der Waals surface area contributed by atoms with Crippen molar-refractivity contribution >= 4 is 58.3 Å². The molecule has 0 aromatic rings. The first-order valence-corrected chi connectivity index (χ1v) is 17.9. The molecule has 0 atom stereocenters. The molecule has 0 saturated carbocycles. The Hall–Kier alpha value is 0.279. The summed E-state index contributed by atoms with van der Waals surface area (Å²) in [6.07, 6.45) is 5.84.